The van der Waals surface area contributed by atoms with Gasteiger partial charge >= 0.3 is 5.97 Å². The first-order chi connectivity index (χ1) is 10.1. The standard InChI is InChI=1S/C16H16N2O3/c1-11-6-2-5-9-14(11)18-15(19)10-21-16(20)12-7-3-4-8-13(12)17/h2-9H,10,17H2,1H3,(H,18,19). The number of amides is 1. The fourth-order valence-corrected chi connectivity index (χ4v) is 1.79. The average Bonchev–Trinajstić information content (AvgIpc) is 2.48. The Morgan fingerprint density at radius 1 is 1.10 bits per heavy atom. The monoisotopic (exact) mass is 284 g/mol. The van der Waals surface area contributed by atoms with Gasteiger partial charge in [-0.1, -0.05) is 30.3 Å². The molecule has 2 aromatic carbocycles. The highest BCUT2D eigenvalue weighted by Crippen LogP contribution is 2.14. The maximum absolute atomic E-state index is 11.8. The summed E-state index contributed by atoms with van der Waals surface area (Å²) in [6.45, 7) is 1.52. The molecule has 108 valence electrons. The third-order valence-corrected chi connectivity index (χ3v) is 2.93. The van der Waals surface area contributed by atoms with E-state index in [-0.39, 0.29) is 12.2 Å². The SMILES string of the molecule is Cc1ccccc1NC(=O)COC(=O)c1ccccc1N. The van der Waals surface area contributed by atoms with Crippen LogP contribution in [0.25, 0.3) is 0 Å². The van der Waals surface area contributed by atoms with Crippen LogP contribution >= 0.6 is 0 Å². The van der Waals surface area contributed by atoms with Crippen molar-refractivity contribution in [1.82, 2.24) is 0 Å². The van der Waals surface area contributed by atoms with E-state index >= 15 is 0 Å². The van der Waals surface area contributed by atoms with Gasteiger partial charge in [-0.2, -0.15) is 0 Å². The number of carbonyl (C=O) groups excluding carboxylic acids is 2. The van der Waals surface area contributed by atoms with Crippen LogP contribution in [0.2, 0.25) is 0 Å². The van der Waals surface area contributed by atoms with Crippen LogP contribution in [0.3, 0.4) is 0 Å². The molecule has 5 nitrogen and oxygen atoms in total. The molecule has 0 radical (unpaired) electrons. The third kappa shape index (κ3) is 3.82. The number of aryl methyl sites for hydroxylation is 1. The molecule has 0 aromatic heterocycles. The van der Waals surface area contributed by atoms with Gasteiger partial charge in [0.1, 0.15) is 0 Å². The maximum Gasteiger partial charge on any atom is 0.340 e. The zero-order valence-electron chi connectivity index (χ0n) is 11.6. The molecule has 2 rings (SSSR count). The number of hydrogen-bond donors (Lipinski definition) is 2. The number of carbonyl (C=O) groups is 2. The van der Waals surface area contributed by atoms with E-state index in [1.165, 1.54) is 0 Å². The molecule has 0 saturated heterocycles. The molecule has 0 unspecified atom stereocenters. The molecule has 21 heavy (non-hydrogen) atoms. The minimum atomic E-state index is -0.618. The summed E-state index contributed by atoms with van der Waals surface area (Å²) >= 11 is 0. The number of para-hydroxylation sites is 2. The summed E-state index contributed by atoms with van der Waals surface area (Å²) < 4.78 is 4.95. The zero-order chi connectivity index (χ0) is 15.2. The summed E-state index contributed by atoms with van der Waals surface area (Å²) in [6, 6.07) is 13.9. The van der Waals surface area contributed by atoms with Crippen molar-refractivity contribution in [2.24, 2.45) is 0 Å². The number of nitrogens with two attached hydrogens (primary N) is 1. The highest BCUT2D eigenvalue weighted by atomic mass is 16.5. The second-order valence-electron chi connectivity index (χ2n) is 4.53. The lowest BCUT2D eigenvalue weighted by atomic mass is 10.2. The van der Waals surface area contributed by atoms with Crippen molar-refractivity contribution in [2.45, 2.75) is 6.92 Å². The van der Waals surface area contributed by atoms with Gasteiger partial charge in [-0.3, -0.25) is 4.79 Å². The van der Waals surface area contributed by atoms with Gasteiger partial charge in [-0.25, -0.2) is 4.79 Å². The first-order valence-electron chi connectivity index (χ1n) is 6.45. The van der Waals surface area contributed by atoms with Crippen LogP contribution in [0.15, 0.2) is 48.5 Å². The van der Waals surface area contributed by atoms with Crippen LogP contribution in [0, 0.1) is 6.92 Å². The van der Waals surface area contributed by atoms with Gasteiger partial charge in [0.05, 0.1) is 5.56 Å². The Kier molecular flexibility index (Phi) is 4.56. The molecule has 0 atom stereocenters. The molecule has 0 aliphatic heterocycles. The smallest absolute Gasteiger partial charge is 0.340 e. The van der Waals surface area contributed by atoms with Crippen molar-refractivity contribution in [3.63, 3.8) is 0 Å². The first kappa shape index (κ1) is 14.6. The topological polar surface area (TPSA) is 81.4 Å². The number of nitrogens with one attached hydrogen (secondary N) is 1. The summed E-state index contributed by atoms with van der Waals surface area (Å²) in [4.78, 5) is 23.6. The molecule has 0 aliphatic carbocycles. The summed E-state index contributed by atoms with van der Waals surface area (Å²) in [6.07, 6.45) is 0. The summed E-state index contributed by atoms with van der Waals surface area (Å²) in [5, 5.41) is 2.68. The number of rotatable bonds is 4. The van der Waals surface area contributed by atoms with Crippen LogP contribution < -0.4 is 11.1 Å². The maximum atomic E-state index is 11.8. The van der Waals surface area contributed by atoms with Crippen molar-refractivity contribution >= 4 is 23.3 Å². The van der Waals surface area contributed by atoms with Crippen LogP contribution in [-0.2, 0) is 9.53 Å². The number of esters is 1. The van der Waals surface area contributed by atoms with Gasteiger partial charge < -0.3 is 15.8 Å². The van der Waals surface area contributed by atoms with Gasteiger partial charge in [-0.15, -0.1) is 0 Å². The van der Waals surface area contributed by atoms with Gasteiger partial charge in [0.25, 0.3) is 5.91 Å². The van der Waals surface area contributed by atoms with E-state index in [2.05, 4.69) is 5.32 Å². The van der Waals surface area contributed by atoms with E-state index in [1.807, 2.05) is 25.1 Å². The molecule has 2 aromatic rings. The first-order valence-corrected chi connectivity index (χ1v) is 6.45. The second-order valence-corrected chi connectivity index (χ2v) is 4.53. The van der Waals surface area contributed by atoms with Gasteiger partial charge in [-0.05, 0) is 30.7 Å². The van der Waals surface area contributed by atoms with Crippen LogP contribution in [0.5, 0.6) is 0 Å². The number of benzene rings is 2. The molecule has 0 saturated carbocycles. The average molecular weight is 284 g/mol. The van der Waals surface area contributed by atoms with Gasteiger partial charge in [0.2, 0.25) is 0 Å². The largest absolute Gasteiger partial charge is 0.452 e. The predicted molar refractivity (Wildman–Crippen MR) is 80.9 cm³/mol. The lowest BCUT2D eigenvalue weighted by Gasteiger charge is -2.09. The van der Waals surface area contributed by atoms with Crippen molar-refractivity contribution < 1.29 is 14.3 Å². The molecule has 3 N–H and O–H groups in total. The highest BCUT2D eigenvalue weighted by molar-refractivity contribution is 5.98. The molecule has 0 spiro atoms. The Balaban J connectivity index is 1.91. The normalized spacial score (nSPS) is 9.95. The molecule has 0 heterocycles. The Hall–Kier alpha value is -2.82. The lowest BCUT2D eigenvalue weighted by Crippen LogP contribution is -2.21. The molecular formula is C16H16N2O3. The van der Waals surface area contributed by atoms with E-state index < -0.39 is 11.9 Å². The van der Waals surface area contributed by atoms with Crippen LogP contribution in [-0.4, -0.2) is 18.5 Å². The summed E-state index contributed by atoms with van der Waals surface area (Å²) in [5.41, 5.74) is 7.87. The van der Waals surface area contributed by atoms with Crippen molar-refractivity contribution in [1.29, 1.82) is 0 Å². The van der Waals surface area contributed by atoms with E-state index in [9.17, 15) is 9.59 Å². The Labute approximate surface area is 122 Å². The van der Waals surface area contributed by atoms with Gasteiger partial charge in [0, 0.05) is 11.4 Å². The Morgan fingerprint density at radius 3 is 2.48 bits per heavy atom. The fourth-order valence-electron chi connectivity index (χ4n) is 1.79. The van der Waals surface area contributed by atoms with Crippen molar-refractivity contribution in [3.05, 3.63) is 59.7 Å². The molecular weight excluding hydrogens is 268 g/mol. The van der Waals surface area contributed by atoms with Crippen LogP contribution in [0.1, 0.15) is 15.9 Å². The number of ether oxygens (including phenoxy) is 1. The molecule has 0 fully saturated rings. The molecule has 1 amide bonds. The van der Waals surface area contributed by atoms with Crippen molar-refractivity contribution in [2.75, 3.05) is 17.7 Å². The minimum Gasteiger partial charge on any atom is -0.452 e. The lowest BCUT2D eigenvalue weighted by molar-refractivity contribution is -0.119. The van der Waals surface area contributed by atoms with E-state index in [4.69, 9.17) is 10.5 Å². The van der Waals surface area contributed by atoms with E-state index in [0.29, 0.717) is 11.4 Å². The molecule has 0 bridgehead atoms. The fraction of sp³-hybridized carbons (Fsp3) is 0.125. The second kappa shape index (κ2) is 6.56. The Bertz CT molecular complexity index is 668. The predicted octanol–water partition coefficient (Wildman–Crippen LogP) is 2.37. The van der Waals surface area contributed by atoms with E-state index in [0.717, 1.165) is 5.56 Å². The minimum absolute atomic E-state index is 0.251. The number of nitrogen functional groups attached to an aromatic ring is 1. The summed E-state index contributed by atoms with van der Waals surface area (Å²) in [7, 11) is 0. The highest BCUT2D eigenvalue weighted by Gasteiger charge is 2.13. The van der Waals surface area contributed by atoms with E-state index in [1.54, 1.807) is 30.3 Å². The quantitative estimate of drug-likeness (QED) is 0.667. The summed E-state index contributed by atoms with van der Waals surface area (Å²) in [5.74, 6) is -1.01. The number of hydrogen-bond acceptors (Lipinski definition) is 4. The van der Waals surface area contributed by atoms with Crippen LogP contribution in [0.4, 0.5) is 11.4 Å². The van der Waals surface area contributed by atoms with Gasteiger partial charge in [0.15, 0.2) is 6.61 Å². The molecule has 0 aliphatic rings. The third-order valence-electron chi connectivity index (χ3n) is 2.93. The van der Waals surface area contributed by atoms with Crippen molar-refractivity contribution in [3.8, 4) is 0 Å². The molecule has 5 heteroatoms. The number of anilines is 2. The zero-order valence-corrected chi connectivity index (χ0v) is 11.6. The Morgan fingerprint density at radius 2 is 1.76 bits per heavy atom.